The minimum atomic E-state index is -0.858. The summed E-state index contributed by atoms with van der Waals surface area (Å²) in [5.41, 5.74) is 0. The molecule has 0 spiro atoms. The van der Waals surface area contributed by atoms with Crippen LogP contribution in [0.25, 0.3) is 0 Å². The Balaban J connectivity index is 3.51. The molecular weight excluding hydrogens is 683 g/mol. The standard InChI is InChI=1S/C49H91NO5/c1-3-5-7-9-11-13-14-15-16-17-18-19-23-27-31-35-39-43-49(54)55-44-40-36-32-28-24-21-20-22-26-30-34-38-42-48(53)50-46(45-51)47(52)41-37-33-29-25-12-10-8-6-4-2/h15-16,21,24,37,41,46-47,51-52H,3-14,17-20,22-23,25-36,38-40,42-45H2,1-2H3,(H,50,53)/b16-15-,24-21-,41-37+. The Morgan fingerprint density at radius 1 is 0.491 bits per heavy atom. The van der Waals surface area contributed by atoms with Crippen molar-refractivity contribution in [3.8, 4) is 0 Å². The Hall–Kier alpha value is -1.92. The lowest BCUT2D eigenvalue weighted by Gasteiger charge is -2.20. The number of unbranched alkanes of at least 4 members (excludes halogenated alkanes) is 28. The lowest BCUT2D eigenvalue weighted by molar-refractivity contribution is -0.143. The topological polar surface area (TPSA) is 95.9 Å². The molecule has 55 heavy (non-hydrogen) atoms. The molecule has 0 aromatic heterocycles. The van der Waals surface area contributed by atoms with Crippen LogP contribution >= 0.6 is 0 Å². The number of rotatable bonds is 43. The van der Waals surface area contributed by atoms with Crippen LogP contribution in [-0.4, -0.2) is 47.4 Å². The number of amides is 1. The van der Waals surface area contributed by atoms with Gasteiger partial charge in [-0.3, -0.25) is 9.59 Å². The Labute approximate surface area is 341 Å². The zero-order valence-electron chi connectivity index (χ0n) is 36.4. The third-order valence-electron chi connectivity index (χ3n) is 10.6. The molecule has 0 bridgehead atoms. The summed E-state index contributed by atoms with van der Waals surface area (Å²) in [6.07, 6.45) is 52.8. The van der Waals surface area contributed by atoms with E-state index in [1.165, 1.54) is 128 Å². The van der Waals surface area contributed by atoms with Crippen LogP contribution in [0.15, 0.2) is 36.5 Å². The molecular formula is C49H91NO5. The van der Waals surface area contributed by atoms with Crippen LogP contribution in [0, 0.1) is 0 Å². The minimum Gasteiger partial charge on any atom is -0.466 e. The molecule has 3 N–H and O–H groups in total. The van der Waals surface area contributed by atoms with Gasteiger partial charge in [-0.25, -0.2) is 0 Å². The van der Waals surface area contributed by atoms with Gasteiger partial charge in [0.25, 0.3) is 0 Å². The summed E-state index contributed by atoms with van der Waals surface area (Å²) in [5.74, 6) is -0.127. The van der Waals surface area contributed by atoms with Gasteiger partial charge in [-0.1, -0.05) is 172 Å². The first kappa shape index (κ1) is 53.1. The monoisotopic (exact) mass is 774 g/mol. The first-order chi connectivity index (χ1) is 27.0. The van der Waals surface area contributed by atoms with Gasteiger partial charge in [0, 0.05) is 12.8 Å². The van der Waals surface area contributed by atoms with Crippen LogP contribution in [-0.2, 0) is 14.3 Å². The summed E-state index contributed by atoms with van der Waals surface area (Å²) in [5, 5.41) is 22.8. The Morgan fingerprint density at radius 2 is 0.855 bits per heavy atom. The van der Waals surface area contributed by atoms with E-state index in [0.717, 1.165) is 83.5 Å². The summed E-state index contributed by atoms with van der Waals surface area (Å²) in [6.45, 7) is 4.79. The van der Waals surface area contributed by atoms with Crippen molar-refractivity contribution in [1.82, 2.24) is 5.32 Å². The average molecular weight is 774 g/mol. The lowest BCUT2D eigenvalue weighted by atomic mass is 10.1. The van der Waals surface area contributed by atoms with E-state index in [1.54, 1.807) is 6.08 Å². The lowest BCUT2D eigenvalue weighted by Crippen LogP contribution is -2.45. The van der Waals surface area contributed by atoms with Crippen molar-refractivity contribution in [1.29, 1.82) is 0 Å². The van der Waals surface area contributed by atoms with E-state index in [1.807, 2.05) is 6.08 Å². The van der Waals surface area contributed by atoms with Crippen molar-refractivity contribution in [3.05, 3.63) is 36.5 Å². The van der Waals surface area contributed by atoms with Crippen molar-refractivity contribution in [2.45, 2.75) is 251 Å². The molecule has 0 saturated heterocycles. The number of hydrogen-bond acceptors (Lipinski definition) is 5. The summed E-state index contributed by atoms with van der Waals surface area (Å²) in [4.78, 5) is 24.4. The quantitative estimate of drug-likeness (QED) is 0.0326. The highest BCUT2D eigenvalue weighted by molar-refractivity contribution is 5.76. The molecule has 0 aliphatic rings. The van der Waals surface area contributed by atoms with Gasteiger partial charge in [-0.15, -0.1) is 0 Å². The van der Waals surface area contributed by atoms with Crippen LogP contribution in [0.1, 0.15) is 239 Å². The SMILES string of the molecule is CCCCCCCC/C=C\CCCCCCCCCC(=O)OCCCCC/C=C\CCCCCCCC(=O)NC(CO)C(O)/C=C/CCCCCCCCC. The second-order valence-electron chi connectivity index (χ2n) is 16.1. The highest BCUT2D eigenvalue weighted by Crippen LogP contribution is 2.13. The second kappa shape index (κ2) is 44.8. The van der Waals surface area contributed by atoms with Crippen LogP contribution in [0.4, 0.5) is 0 Å². The molecule has 2 unspecified atom stereocenters. The van der Waals surface area contributed by atoms with Crippen molar-refractivity contribution in [2.75, 3.05) is 13.2 Å². The fraction of sp³-hybridized carbons (Fsp3) is 0.837. The molecule has 1 amide bonds. The van der Waals surface area contributed by atoms with E-state index < -0.39 is 12.1 Å². The van der Waals surface area contributed by atoms with E-state index in [2.05, 4.69) is 43.5 Å². The number of allylic oxidation sites excluding steroid dienone is 5. The number of aliphatic hydroxyl groups is 2. The van der Waals surface area contributed by atoms with Gasteiger partial charge in [-0.05, 0) is 89.9 Å². The predicted molar refractivity (Wildman–Crippen MR) is 236 cm³/mol. The highest BCUT2D eigenvalue weighted by Gasteiger charge is 2.18. The Morgan fingerprint density at radius 3 is 1.29 bits per heavy atom. The normalized spacial score (nSPS) is 13.0. The Kier molecular flexibility index (Phi) is 43.2. The molecule has 0 heterocycles. The van der Waals surface area contributed by atoms with Crippen LogP contribution in [0.3, 0.4) is 0 Å². The molecule has 6 heteroatoms. The zero-order valence-corrected chi connectivity index (χ0v) is 36.4. The average Bonchev–Trinajstić information content (AvgIpc) is 3.18. The van der Waals surface area contributed by atoms with E-state index in [-0.39, 0.29) is 18.5 Å². The molecule has 0 aromatic rings. The molecule has 322 valence electrons. The second-order valence-corrected chi connectivity index (χ2v) is 16.1. The van der Waals surface area contributed by atoms with Gasteiger partial charge >= 0.3 is 5.97 Å². The van der Waals surface area contributed by atoms with Gasteiger partial charge in [0.1, 0.15) is 0 Å². The predicted octanol–water partition coefficient (Wildman–Crippen LogP) is 13.7. The number of ether oxygens (including phenoxy) is 1. The molecule has 0 rings (SSSR count). The maximum Gasteiger partial charge on any atom is 0.305 e. The molecule has 0 aliphatic heterocycles. The number of nitrogens with one attached hydrogen (secondary N) is 1. The molecule has 0 radical (unpaired) electrons. The molecule has 2 atom stereocenters. The number of carbonyl (C=O) groups excluding carboxylic acids is 2. The summed E-state index contributed by atoms with van der Waals surface area (Å²) in [6, 6.07) is -0.644. The number of carbonyl (C=O) groups is 2. The third-order valence-corrected chi connectivity index (χ3v) is 10.6. The van der Waals surface area contributed by atoms with Gasteiger partial charge < -0.3 is 20.3 Å². The largest absolute Gasteiger partial charge is 0.466 e. The first-order valence-corrected chi connectivity index (χ1v) is 23.8. The van der Waals surface area contributed by atoms with Crippen LogP contribution in [0.5, 0.6) is 0 Å². The highest BCUT2D eigenvalue weighted by atomic mass is 16.5. The van der Waals surface area contributed by atoms with Gasteiger partial charge in [0.2, 0.25) is 5.91 Å². The van der Waals surface area contributed by atoms with E-state index >= 15 is 0 Å². The zero-order chi connectivity index (χ0) is 40.1. The smallest absolute Gasteiger partial charge is 0.305 e. The fourth-order valence-electron chi connectivity index (χ4n) is 6.91. The van der Waals surface area contributed by atoms with Crippen molar-refractivity contribution in [3.63, 3.8) is 0 Å². The number of esters is 1. The molecule has 0 fully saturated rings. The van der Waals surface area contributed by atoms with Gasteiger partial charge in [-0.2, -0.15) is 0 Å². The van der Waals surface area contributed by atoms with E-state index in [4.69, 9.17) is 4.74 Å². The van der Waals surface area contributed by atoms with Crippen LogP contribution < -0.4 is 5.32 Å². The number of aliphatic hydroxyl groups excluding tert-OH is 2. The molecule has 6 nitrogen and oxygen atoms in total. The maximum atomic E-state index is 12.3. The fourth-order valence-corrected chi connectivity index (χ4v) is 6.91. The van der Waals surface area contributed by atoms with Crippen LogP contribution in [0.2, 0.25) is 0 Å². The summed E-state index contributed by atoms with van der Waals surface area (Å²) < 4.78 is 5.44. The molecule has 0 aliphatic carbocycles. The first-order valence-electron chi connectivity index (χ1n) is 23.8. The molecule has 0 saturated carbocycles. The minimum absolute atomic E-state index is 0.0291. The summed E-state index contributed by atoms with van der Waals surface area (Å²) >= 11 is 0. The number of hydrogen-bond donors (Lipinski definition) is 3. The maximum absolute atomic E-state index is 12.3. The van der Waals surface area contributed by atoms with E-state index in [9.17, 15) is 19.8 Å². The van der Waals surface area contributed by atoms with Crippen molar-refractivity contribution < 1.29 is 24.5 Å². The third kappa shape index (κ3) is 41.5. The van der Waals surface area contributed by atoms with E-state index in [0.29, 0.717) is 19.4 Å². The van der Waals surface area contributed by atoms with Gasteiger partial charge in [0.05, 0.1) is 25.4 Å². The van der Waals surface area contributed by atoms with Crippen molar-refractivity contribution >= 4 is 11.9 Å². The summed E-state index contributed by atoms with van der Waals surface area (Å²) in [7, 11) is 0. The van der Waals surface area contributed by atoms with Gasteiger partial charge in [0.15, 0.2) is 0 Å². The Bertz CT molecular complexity index is 900. The van der Waals surface area contributed by atoms with Crippen molar-refractivity contribution in [2.24, 2.45) is 0 Å². The molecule has 0 aromatic carbocycles.